The zero-order valence-electron chi connectivity index (χ0n) is 9.62. The van der Waals surface area contributed by atoms with Gasteiger partial charge >= 0.3 is 0 Å². The molecule has 0 spiro atoms. The Morgan fingerprint density at radius 1 is 1.32 bits per heavy atom. The Morgan fingerprint density at radius 3 is 2.58 bits per heavy atom. The highest BCUT2D eigenvalue weighted by Gasteiger charge is 2.11. The number of rotatable bonds is 3. The van der Waals surface area contributed by atoms with E-state index >= 15 is 0 Å². The molecule has 0 atom stereocenters. The molecule has 1 aromatic carbocycles. The Bertz CT molecular complexity index is 630. The van der Waals surface area contributed by atoms with E-state index in [4.69, 9.17) is 16.9 Å². The number of nitriles is 1. The molecule has 1 N–H and O–H groups in total. The molecule has 0 unspecified atom stereocenters. The van der Waals surface area contributed by atoms with E-state index in [1.165, 1.54) is 12.4 Å². The van der Waals surface area contributed by atoms with Crippen molar-refractivity contribution in [2.24, 2.45) is 0 Å². The van der Waals surface area contributed by atoms with Gasteiger partial charge in [0.15, 0.2) is 0 Å². The van der Waals surface area contributed by atoms with Crippen molar-refractivity contribution in [1.29, 1.82) is 5.26 Å². The van der Waals surface area contributed by atoms with Crippen molar-refractivity contribution in [3.63, 3.8) is 0 Å². The van der Waals surface area contributed by atoms with Gasteiger partial charge in [0, 0.05) is 18.3 Å². The first-order valence-corrected chi connectivity index (χ1v) is 5.71. The van der Waals surface area contributed by atoms with Crippen LogP contribution in [0.4, 0.5) is 14.5 Å². The maximum absolute atomic E-state index is 13.6. The molecule has 0 radical (unpaired) electrons. The number of hydrogen-bond acceptors (Lipinski definition) is 3. The molecule has 0 saturated carbocycles. The van der Waals surface area contributed by atoms with Crippen LogP contribution in [0.2, 0.25) is 5.02 Å². The Hall–Kier alpha value is -2.19. The molecule has 2 rings (SSSR count). The second kappa shape index (κ2) is 5.63. The summed E-state index contributed by atoms with van der Waals surface area (Å²) >= 11 is 5.88. The molecule has 0 aliphatic carbocycles. The van der Waals surface area contributed by atoms with E-state index < -0.39 is 11.6 Å². The number of pyridine rings is 1. The third kappa shape index (κ3) is 2.98. The van der Waals surface area contributed by atoms with E-state index in [1.807, 2.05) is 0 Å². The van der Waals surface area contributed by atoms with E-state index in [0.29, 0.717) is 10.7 Å². The molecule has 6 heteroatoms. The van der Waals surface area contributed by atoms with Gasteiger partial charge in [0.25, 0.3) is 0 Å². The van der Waals surface area contributed by atoms with E-state index in [2.05, 4.69) is 10.3 Å². The number of anilines is 1. The number of hydrogen-bond donors (Lipinski definition) is 1. The molecule has 19 heavy (non-hydrogen) atoms. The molecular weight excluding hydrogens is 272 g/mol. The third-order valence-corrected chi connectivity index (χ3v) is 2.82. The van der Waals surface area contributed by atoms with Crippen LogP contribution >= 0.6 is 11.6 Å². The first kappa shape index (κ1) is 13.2. The zero-order chi connectivity index (χ0) is 13.8. The Morgan fingerprint density at radius 2 is 2.00 bits per heavy atom. The molecule has 1 heterocycles. The predicted octanol–water partition coefficient (Wildman–Crippen LogP) is 3.50. The molecule has 1 aromatic heterocycles. The summed E-state index contributed by atoms with van der Waals surface area (Å²) in [6.07, 6.45) is 2.97. The fraction of sp³-hybridized carbons (Fsp3) is 0.0769. The lowest BCUT2D eigenvalue weighted by Crippen LogP contribution is -2.06. The topological polar surface area (TPSA) is 48.7 Å². The lowest BCUT2D eigenvalue weighted by atomic mass is 10.1. The molecule has 0 aliphatic heterocycles. The van der Waals surface area contributed by atoms with Gasteiger partial charge in [-0.1, -0.05) is 11.6 Å². The fourth-order valence-corrected chi connectivity index (χ4v) is 1.70. The first-order valence-electron chi connectivity index (χ1n) is 5.33. The normalized spacial score (nSPS) is 10.0. The SMILES string of the molecule is N#Cc1cc(F)c(CNc2cnccc2Cl)c(F)c1. The summed E-state index contributed by atoms with van der Waals surface area (Å²) in [6, 6.07) is 5.23. The van der Waals surface area contributed by atoms with E-state index in [1.54, 1.807) is 12.1 Å². The van der Waals surface area contributed by atoms with Crippen molar-refractivity contribution >= 4 is 17.3 Å². The molecule has 0 bridgehead atoms. The number of benzene rings is 1. The van der Waals surface area contributed by atoms with Crippen molar-refractivity contribution in [3.8, 4) is 6.07 Å². The summed E-state index contributed by atoms with van der Waals surface area (Å²) in [5.74, 6) is -1.55. The van der Waals surface area contributed by atoms with Crippen molar-refractivity contribution in [1.82, 2.24) is 4.98 Å². The van der Waals surface area contributed by atoms with Gasteiger partial charge in [-0.15, -0.1) is 0 Å². The Balaban J connectivity index is 2.21. The fourth-order valence-electron chi connectivity index (χ4n) is 1.53. The van der Waals surface area contributed by atoms with Crippen molar-refractivity contribution in [2.75, 3.05) is 5.32 Å². The Kier molecular flexibility index (Phi) is 3.93. The van der Waals surface area contributed by atoms with Gasteiger partial charge in [-0.3, -0.25) is 4.98 Å². The summed E-state index contributed by atoms with van der Waals surface area (Å²) in [6.45, 7) is -0.0885. The van der Waals surface area contributed by atoms with Crippen molar-refractivity contribution < 1.29 is 8.78 Å². The van der Waals surface area contributed by atoms with Gasteiger partial charge < -0.3 is 5.32 Å². The monoisotopic (exact) mass is 279 g/mol. The van der Waals surface area contributed by atoms with Crippen LogP contribution in [-0.2, 0) is 6.54 Å². The lowest BCUT2D eigenvalue weighted by molar-refractivity contribution is 0.559. The van der Waals surface area contributed by atoms with Gasteiger partial charge in [-0.2, -0.15) is 5.26 Å². The largest absolute Gasteiger partial charge is 0.378 e. The highest BCUT2D eigenvalue weighted by molar-refractivity contribution is 6.33. The van der Waals surface area contributed by atoms with Crippen LogP contribution in [0.1, 0.15) is 11.1 Å². The molecule has 3 nitrogen and oxygen atoms in total. The van der Waals surface area contributed by atoms with Gasteiger partial charge in [-0.05, 0) is 18.2 Å². The average Bonchev–Trinajstić information content (AvgIpc) is 2.39. The average molecular weight is 280 g/mol. The van der Waals surface area contributed by atoms with Crippen LogP contribution in [0.3, 0.4) is 0 Å². The number of nitrogens with one attached hydrogen (secondary N) is 1. The van der Waals surface area contributed by atoms with Crippen LogP contribution in [0.5, 0.6) is 0 Å². The smallest absolute Gasteiger partial charge is 0.132 e. The van der Waals surface area contributed by atoms with Crippen molar-refractivity contribution in [3.05, 3.63) is 58.4 Å². The minimum Gasteiger partial charge on any atom is -0.378 e. The minimum absolute atomic E-state index is 0.0573. The molecule has 0 aliphatic rings. The van der Waals surface area contributed by atoms with Gasteiger partial charge in [-0.25, -0.2) is 8.78 Å². The highest BCUT2D eigenvalue weighted by Crippen LogP contribution is 2.21. The predicted molar refractivity (Wildman–Crippen MR) is 67.6 cm³/mol. The summed E-state index contributed by atoms with van der Waals surface area (Å²) in [5.41, 5.74) is 0.268. The first-order chi connectivity index (χ1) is 9.11. The maximum atomic E-state index is 13.6. The zero-order valence-corrected chi connectivity index (χ0v) is 10.4. The summed E-state index contributed by atoms with van der Waals surface area (Å²) < 4.78 is 27.2. The van der Waals surface area contributed by atoms with Crippen LogP contribution in [0.15, 0.2) is 30.6 Å². The van der Waals surface area contributed by atoms with Crippen molar-refractivity contribution in [2.45, 2.75) is 6.54 Å². The number of aromatic nitrogens is 1. The van der Waals surface area contributed by atoms with Crippen LogP contribution < -0.4 is 5.32 Å². The molecule has 0 amide bonds. The standard InChI is InChI=1S/C13H8ClF2N3/c14-10-1-2-18-7-13(10)19-6-9-11(15)3-8(5-17)4-12(9)16/h1-4,7,19H,6H2. The van der Waals surface area contributed by atoms with E-state index in [-0.39, 0.29) is 17.7 Å². The van der Waals surface area contributed by atoms with Crippen LogP contribution in [0.25, 0.3) is 0 Å². The highest BCUT2D eigenvalue weighted by atomic mass is 35.5. The molecule has 0 saturated heterocycles. The summed E-state index contributed by atoms with van der Waals surface area (Å²) in [5, 5.41) is 11.8. The van der Waals surface area contributed by atoms with E-state index in [9.17, 15) is 8.78 Å². The number of nitrogens with zero attached hydrogens (tertiary/aromatic N) is 2. The quantitative estimate of drug-likeness (QED) is 0.935. The second-order valence-corrected chi connectivity index (χ2v) is 4.15. The van der Waals surface area contributed by atoms with Gasteiger partial charge in [0.1, 0.15) is 11.6 Å². The van der Waals surface area contributed by atoms with Crippen LogP contribution in [0, 0.1) is 23.0 Å². The van der Waals surface area contributed by atoms with E-state index in [0.717, 1.165) is 12.1 Å². The molecule has 96 valence electrons. The summed E-state index contributed by atoms with van der Waals surface area (Å²) in [7, 11) is 0. The summed E-state index contributed by atoms with van der Waals surface area (Å²) in [4.78, 5) is 3.85. The van der Waals surface area contributed by atoms with Gasteiger partial charge in [0.05, 0.1) is 28.5 Å². The molecular formula is C13H8ClF2N3. The van der Waals surface area contributed by atoms with Crippen LogP contribution in [-0.4, -0.2) is 4.98 Å². The molecule has 2 aromatic rings. The second-order valence-electron chi connectivity index (χ2n) is 3.74. The third-order valence-electron chi connectivity index (χ3n) is 2.49. The Labute approximate surface area is 113 Å². The van der Waals surface area contributed by atoms with Gasteiger partial charge in [0.2, 0.25) is 0 Å². The molecule has 0 fully saturated rings. The number of halogens is 3. The minimum atomic E-state index is -0.774. The lowest BCUT2D eigenvalue weighted by Gasteiger charge is -2.09. The maximum Gasteiger partial charge on any atom is 0.132 e.